The molecule has 0 radical (unpaired) electrons. The van der Waals surface area contributed by atoms with Gasteiger partial charge in [-0.1, -0.05) is 36.4 Å². The molecule has 4 rings (SSSR count). The number of hydrogen-bond donors (Lipinski definition) is 1. The highest BCUT2D eigenvalue weighted by Gasteiger charge is 2.38. The van der Waals surface area contributed by atoms with Crippen LogP contribution in [-0.2, 0) is 13.5 Å². The van der Waals surface area contributed by atoms with E-state index in [0.29, 0.717) is 30.8 Å². The molecule has 0 spiro atoms. The van der Waals surface area contributed by atoms with Gasteiger partial charge in [0, 0.05) is 36.5 Å². The summed E-state index contributed by atoms with van der Waals surface area (Å²) in [6, 6.07) is 16.5. The Labute approximate surface area is 164 Å². The van der Waals surface area contributed by atoms with Crippen LogP contribution in [0.15, 0.2) is 54.6 Å². The quantitative estimate of drug-likeness (QED) is 0.749. The number of fused-ring (bicyclic) bond motifs is 1. The molecular weight excluding hydrogens is 355 g/mol. The molecule has 1 saturated heterocycles. The number of rotatable bonds is 4. The average Bonchev–Trinajstić information content (AvgIpc) is 3.06. The van der Waals surface area contributed by atoms with Crippen LogP contribution >= 0.6 is 0 Å². The van der Waals surface area contributed by atoms with Gasteiger partial charge in [0.2, 0.25) is 0 Å². The summed E-state index contributed by atoms with van der Waals surface area (Å²) in [5, 5.41) is 11.2. The third-order valence-electron chi connectivity index (χ3n) is 5.98. The molecule has 2 aromatic carbocycles. The molecule has 1 N–H and O–H groups in total. The van der Waals surface area contributed by atoms with Crippen LogP contribution in [0.2, 0.25) is 0 Å². The molecule has 0 saturated carbocycles. The standard InChI is InChI=1S/C23H25FN2O2/c1-25-20-10-5-3-7-17(20)13-21(25)22(28)26-12-6-11-23(15-26,16-27)14-18-8-2-4-9-19(18)24/h2-5,7-10,13,27H,6,11-12,14-16H2,1H3/t23-/m0/s1. The molecule has 5 heteroatoms. The van der Waals surface area contributed by atoms with E-state index in [4.69, 9.17) is 0 Å². The van der Waals surface area contributed by atoms with Crippen molar-refractivity contribution in [3.63, 3.8) is 0 Å². The number of nitrogens with zero attached hydrogens (tertiary/aromatic N) is 2. The predicted octanol–water partition coefficient (Wildman–Crippen LogP) is 3.77. The van der Waals surface area contributed by atoms with Gasteiger partial charge in [0.25, 0.3) is 5.91 Å². The first-order valence-electron chi connectivity index (χ1n) is 9.71. The summed E-state index contributed by atoms with van der Waals surface area (Å²) in [6.07, 6.45) is 2.00. The van der Waals surface area contributed by atoms with Crippen LogP contribution in [0.25, 0.3) is 10.9 Å². The van der Waals surface area contributed by atoms with Crippen molar-refractivity contribution in [3.8, 4) is 0 Å². The van der Waals surface area contributed by atoms with Crippen LogP contribution in [0.5, 0.6) is 0 Å². The van der Waals surface area contributed by atoms with Gasteiger partial charge in [-0.2, -0.15) is 0 Å². The lowest BCUT2D eigenvalue weighted by Crippen LogP contribution is -2.49. The summed E-state index contributed by atoms with van der Waals surface area (Å²) in [4.78, 5) is 15.1. The smallest absolute Gasteiger partial charge is 0.270 e. The lowest BCUT2D eigenvalue weighted by molar-refractivity contribution is 0.0262. The average molecular weight is 380 g/mol. The predicted molar refractivity (Wildman–Crippen MR) is 108 cm³/mol. The van der Waals surface area contributed by atoms with Crippen LogP contribution in [0, 0.1) is 11.2 Å². The number of amides is 1. The first kappa shape index (κ1) is 18.7. The second-order valence-electron chi connectivity index (χ2n) is 7.90. The maximum atomic E-state index is 14.2. The largest absolute Gasteiger partial charge is 0.396 e. The number of halogens is 1. The third kappa shape index (κ3) is 3.31. The Morgan fingerprint density at radius 1 is 1.18 bits per heavy atom. The minimum Gasteiger partial charge on any atom is -0.396 e. The fraction of sp³-hybridized carbons (Fsp3) is 0.348. The van der Waals surface area contributed by atoms with Gasteiger partial charge in [-0.3, -0.25) is 4.79 Å². The number of para-hydroxylation sites is 1. The lowest BCUT2D eigenvalue weighted by atomic mass is 9.75. The molecule has 28 heavy (non-hydrogen) atoms. The Morgan fingerprint density at radius 2 is 1.93 bits per heavy atom. The normalized spacial score (nSPS) is 19.9. The zero-order valence-electron chi connectivity index (χ0n) is 16.1. The Morgan fingerprint density at radius 3 is 2.68 bits per heavy atom. The van der Waals surface area contributed by atoms with E-state index in [1.807, 2.05) is 52.9 Å². The molecule has 146 valence electrons. The topological polar surface area (TPSA) is 45.5 Å². The fourth-order valence-corrected chi connectivity index (χ4v) is 4.41. The number of aliphatic hydroxyl groups is 1. The summed E-state index contributed by atoms with van der Waals surface area (Å²) in [5.41, 5.74) is 1.74. The maximum Gasteiger partial charge on any atom is 0.270 e. The van der Waals surface area contributed by atoms with Crippen molar-refractivity contribution in [2.75, 3.05) is 19.7 Å². The highest BCUT2D eigenvalue weighted by Crippen LogP contribution is 2.35. The van der Waals surface area contributed by atoms with Crippen LogP contribution < -0.4 is 0 Å². The Hall–Kier alpha value is -2.66. The highest BCUT2D eigenvalue weighted by atomic mass is 19.1. The van der Waals surface area contributed by atoms with E-state index in [0.717, 1.165) is 23.7 Å². The van der Waals surface area contributed by atoms with Gasteiger partial charge in [-0.05, 0) is 43.0 Å². The van der Waals surface area contributed by atoms with E-state index >= 15 is 0 Å². The number of benzene rings is 2. The van der Waals surface area contributed by atoms with E-state index in [1.54, 1.807) is 12.1 Å². The Balaban J connectivity index is 1.60. The molecule has 1 aliphatic heterocycles. The number of likely N-dealkylation sites (tertiary alicyclic amines) is 1. The molecule has 1 amide bonds. The Kier molecular flexibility index (Phi) is 4.94. The van der Waals surface area contributed by atoms with Crippen molar-refractivity contribution >= 4 is 16.8 Å². The maximum absolute atomic E-state index is 14.2. The summed E-state index contributed by atoms with van der Waals surface area (Å²) in [6.45, 7) is 1.01. The number of carbonyl (C=O) groups is 1. The van der Waals surface area contributed by atoms with Crippen LogP contribution in [0.1, 0.15) is 28.9 Å². The van der Waals surface area contributed by atoms with E-state index in [2.05, 4.69) is 0 Å². The number of aryl methyl sites for hydroxylation is 1. The van der Waals surface area contributed by atoms with Gasteiger partial charge in [-0.15, -0.1) is 0 Å². The molecule has 1 fully saturated rings. The third-order valence-corrected chi connectivity index (χ3v) is 5.98. The van der Waals surface area contributed by atoms with Crippen LogP contribution in [0.4, 0.5) is 4.39 Å². The molecule has 0 bridgehead atoms. The van der Waals surface area contributed by atoms with Crippen LogP contribution in [0.3, 0.4) is 0 Å². The molecule has 2 heterocycles. The van der Waals surface area contributed by atoms with Crippen molar-refractivity contribution in [3.05, 3.63) is 71.7 Å². The molecule has 0 aliphatic carbocycles. The van der Waals surface area contributed by atoms with Crippen molar-refractivity contribution < 1.29 is 14.3 Å². The van der Waals surface area contributed by atoms with Gasteiger partial charge < -0.3 is 14.6 Å². The van der Waals surface area contributed by atoms with E-state index in [-0.39, 0.29) is 18.3 Å². The molecule has 1 aliphatic rings. The number of hydrogen-bond acceptors (Lipinski definition) is 2. The zero-order valence-corrected chi connectivity index (χ0v) is 16.1. The summed E-state index contributed by atoms with van der Waals surface area (Å²) >= 11 is 0. The zero-order chi connectivity index (χ0) is 19.7. The van der Waals surface area contributed by atoms with Crippen molar-refractivity contribution in [1.29, 1.82) is 0 Å². The minimum atomic E-state index is -0.513. The molecule has 4 nitrogen and oxygen atoms in total. The van der Waals surface area contributed by atoms with Crippen molar-refractivity contribution in [2.24, 2.45) is 12.5 Å². The van der Waals surface area contributed by atoms with Gasteiger partial charge in [0.15, 0.2) is 0 Å². The number of piperidine rings is 1. The molecule has 1 aromatic heterocycles. The van der Waals surface area contributed by atoms with E-state index < -0.39 is 5.41 Å². The first-order valence-corrected chi connectivity index (χ1v) is 9.71. The Bertz CT molecular complexity index is 1010. The molecular formula is C23H25FN2O2. The van der Waals surface area contributed by atoms with Crippen molar-refractivity contribution in [1.82, 2.24) is 9.47 Å². The number of carbonyl (C=O) groups excluding carboxylic acids is 1. The van der Waals surface area contributed by atoms with Crippen LogP contribution in [-0.4, -0.2) is 40.2 Å². The minimum absolute atomic E-state index is 0.0373. The van der Waals surface area contributed by atoms with E-state index in [9.17, 15) is 14.3 Å². The van der Waals surface area contributed by atoms with Gasteiger partial charge in [0.05, 0.1) is 6.61 Å². The number of aromatic nitrogens is 1. The SMILES string of the molecule is Cn1c(C(=O)N2CCC[C@](CO)(Cc3ccccc3F)C2)cc2ccccc21. The molecule has 0 unspecified atom stereocenters. The molecule has 3 aromatic rings. The molecule has 1 atom stereocenters. The van der Waals surface area contributed by atoms with Gasteiger partial charge in [-0.25, -0.2) is 4.39 Å². The van der Waals surface area contributed by atoms with Gasteiger partial charge >= 0.3 is 0 Å². The lowest BCUT2D eigenvalue weighted by Gasteiger charge is -2.42. The monoisotopic (exact) mass is 380 g/mol. The first-order chi connectivity index (χ1) is 13.5. The second-order valence-corrected chi connectivity index (χ2v) is 7.90. The second kappa shape index (κ2) is 7.40. The number of aliphatic hydroxyl groups excluding tert-OH is 1. The van der Waals surface area contributed by atoms with Gasteiger partial charge in [0.1, 0.15) is 11.5 Å². The summed E-state index contributed by atoms with van der Waals surface area (Å²) in [7, 11) is 1.90. The summed E-state index contributed by atoms with van der Waals surface area (Å²) < 4.78 is 16.1. The summed E-state index contributed by atoms with van der Waals surface area (Å²) in [5.74, 6) is -0.294. The van der Waals surface area contributed by atoms with E-state index in [1.165, 1.54) is 6.07 Å². The highest BCUT2D eigenvalue weighted by molar-refractivity contribution is 5.98. The fourth-order valence-electron chi connectivity index (χ4n) is 4.41. The van der Waals surface area contributed by atoms with Crippen molar-refractivity contribution in [2.45, 2.75) is 19.3 Å².